The number of amides is 1. The lowest BCUT2D eigenvalue weighted by atomic mass is 10.0. The van der Waals surface area contributed by atoms with E-state index in [0.29, 0.717) is 6.54 Å². The predicted octanol–water partition coefficient (Wildman–Crippen LogP) is 3.62. The van der Waals surface area contributed by atoms with Crippen molar-refractivity contribution in [2.75, 3.05) is 16.8 Å². The molecular weight excluding hydrogens is 305 g/mol. The van der Waals surface area contributed by atoms with Gasteiger partial charge in [-0.25, -0.2) is 4.39 Å². The predicted molar refractivity (Wildman–Crippen MR) is 90.8 cm³/mol. The van der Waals surface area contributed by atoms with E-state index < -0.39 is 5.82 Å². The minimum atomic E-state index is -0.443. The van der Waals surface area contributed by atoms with Crippen molar-refractivity contribution in [3.05, 3.63) is 71.7 Å². The molecule has 3 rings (SSSR count). The van der Waals surface area contributed by atoms with Crippen molar-refractivity contribution in [1.82, 2.24) is 0 Å². The van der Waals surface area contributed by atoms with Crippen molar-refractivity contribution in [3.63, 3.8) is 0 Å². The van der Waals surface area contributed by atoms with Gasteiger partial charge in [0, 0.05) is 18.4 Å². The average molecular weight is 321 g/mol. The second kappa shape index (κ2) is 6.97. The molecule has 0 saturated carbocycles. The quantitative estimate of drug-likeness (QED) is 0.694. The van der Waals surface area contributed by atoms with Gasteiger partial charge in [-0.3, -0.25) is 4.79 Å². The first-order valence-electron chi connectivity index (χ1n) is 7.72. The second-order valence-electron chi connectivity index (χ2n) is 5.48. The van der Waals surface area contributed by atoms with Gasteiger partial charge in [0.05, 0.1) is 5.69 Å². The zero-order valence-electron chi connectivity index (χ0n) is 13.0. The minimum absolute atomic E-state index is 0.0602. The maximum Gasteiger partial charge on any atom is 0.270 e. The number of benzene rings is 2. The minimum Gasteiger partial charge on any atom is -0.358 e. The van der Waals surface area contributed by atoms with Crippen LogP contribution in [0.15, 0.2) is 60.3 Å². The first kappa shape index (κ1) is 15.8. The molecule has 0 unspecified atom stereocenters. The van der Waals surface area contributed by atoms with Crippen molar-refractivity contribution >= 4 is 17.3 Å². The standard InChI is InChI=1S/C19H16FN3O/c20-16-8-2-3-9-17(16)22-13-15(12-21)19(24)23-11-5-7-14-6-1-4-10-18(14)23/h1-4,6,8-10,13,22H,5,7,11H2/b15-13-. The number of nitriles is 1. The molecule has 0 radical (unpaired) electrons. The van der Waals surface area contributed by atoms with E-state index in [0.717, 1.165) is 24.1 Å². The molecule has 1 aliphatic heterocycles. The van der Waals surface area contributed by atoms with Crippen LogP contribution in [0.25, 0.3) is 0 Å². The van der Waals surface area contributed by atoms with E-state index in [1.54, 1.807) is 23.1 Å². The van der Waals surface area contributed by atoms with E-state index in [1.165, 1.54) is 12.3 Å². The number of hydrogen-bond acceptors (Lipinski definition) is 3. The molecular formula is C19H16FN3O. The van der Waals surface area contributed by atoms with E-state index in [9.17, 15) is 14.4 Å². The Labute approximate surface area is 139 Å². The highest BCUT2D eigenvalue weighted by Gasteiger charge is 2.24. The lowest BCUT2D eigenvalue weighted by Crippen LogP contribution is -2.36. The van der Waals surface area contributed by atoms with Crippen LogP contribution in [0.3, 0.4) is 0 Å². The molecule has 0 saturated heterocycles. The van der Waals surface area contributed by atoms with Crippen LogP contribution in [0.1, 0.15) is 12.0 Å². The van der Waals surface area contributed by atoms with Gasteiger partial charge in [0.25, 0.3) is 5.91 Å². The van der Waals surface area contributed by atoms with Crippen molar-refractivity contribution in [3.8, 4) is 6.07 Å². The molecule has 2 aromatic carbocycles. The zero-order chi connectivity index (χ0) is 16.9. The molecule has 5 heteroatoms. The van der Waals surface area contributed by atoms with Crippen LogP contribution in [-0.4, -0.2) is 12.5 Å². The number of halogens is 1. The molecule has 120 valence electrons. The zero-order valence-corrected chi connectivity index (χ0v) is 13.0. The van der Waals surface area contributed by atoms with Crippen LogP contribution in [-0.2, 0) is 11.2 Å². The third kappa shape index (κ3) is 3.13. The summed E-state index contributed by atoms with van der Waals surface area (Å²) < 4.78 is 13.6. The highest BCUT2D eigenvalue weighted by molar-refractivity contribution is 6.09. The van der Waals surface area contributed by atoms with Gasteiger partial charge in [0.15, 0.2) is 0 Å². The maximum absolute atomic E-state index is 13.6. The number of fused-ring (bicyclic) bond motifs is 1. The Morgan fingerprint density at radius 3 is 2.75 bits per heavy atom. The summed E-state index contributed by atoms with van der Waals surface area (Å²) in [6.07, 6.45) is 3.03. The Balaban J connectivity index is 1.84. The Morgan fingerprint density at radius 1 is 1.21 bits per heavy atom. The highest BCUT2D eigenvalue weighted by Crippen LogP contribution is 2.27. The fourth-order valence-electron chi connectivity index (χ4n) is 2.76. The topological polar surface area (TPSA) is 56.1 Å². The van der Waals surface area contributed by atoms with Gasteiger partial charge in [-0.2, -0.15) is 5.26 Å². The van der Waals surface area contributed by atoms with Gasteiger partial charge in [-0.05, 0) is 36.6 Å². The molecule has 1 N–H and O–H groups in total. The largest absolute Gasteiger partial charge is 0.358 e. The number of nitrogens with zero attached hydrogens (tertiary/aromatic N) is 2. The van der Waals surface area contributed by atoms with Gasteiger partial charge in [-0.15, -0.1) is 0 Å². The summed E-state index contributed by atoms with van der Waals surface area (Å²) in [4.78, 5) is 14.3. The number of hydrogen-bond donors (Lipinski definition) is 1. The highest BCUT2D eigenvalue weighted by atomic mass is 19.1. The number of rotatable bonds is 3. The maximum atomic E-state index is 13.6. The molecule has 0 fully saturated rings. The third-order valence-corrected chi connectivity index (χ3v) is 3.95. The summed E-state index contributed by atoms with van der Waals surface area (Å²) in [5.41, 5.74) is 2.09. The molecule has 1 amide bonds. The molecule has 0 aromatic heterocycles. The number of carbonyl (C=O) groups excluding carboxylic acids is 1. The first-order valence-corrected chi connectivity index (χ1v) is 7.72. The van der Waals surface area contributed by atoms with Crippen molar-refractivity contribution in [2.45, 2.75) is 12.8 Å². The third-order valence-electron chi connectivity index (χ3n) is 3.95. The fourth-order valence-corrected chi connectivity index (χ4v) is 2.76. The molecule has 4 nitrogen and oxygen atoms in total. The van der Waals surface area contributed by atoms with E-state index in [4.69, 9.17) is 0 Å². The molecule has 0 spiro atoms. The van der Waals surface area contributed by atoms with Crippen LogP contribution in [0.5, 0.6) is 0 Å². The van der Waals surface area contributed by atoms with E-state index in [-0.39, 0.29) is 17.2 Å². The molecule has 0 bridgehead atoms. The summed E-state index contributed by atoms with van der Waals surface area (Å²) in [5, 5.41) is 12.0. The summed E-state index contributed by atoms with van der Waals surface area (Å²) in [6, 6.07) is 15.7. The van der Waals surface area contributed by atoms with Gasteiger partial charge < -0.3 is 10.2 Å². The summed E-state index contributed by atoms with van der Waals surface area (Å²) in [5.74, 6) is -0.824. The van der Waals surface area contributed by atoms with Gasteiger partial charge in [0.2, 0.25) is 0 Å². The Hall–Kier alpha value is -3.13. The Bertz CT molecular complexity index is 839. The van der Waals surface area contributed by atoms with Crippen LogP contribution >= 0.6 is 0 Å². The number of para-hydroxylation sites is 2. The average Bonchev–Trinajstić information content (AvgIpc) is 2.63. The summed E-state index contributed by atoms with van der Waals surface area (Å²) in [6.45, 7) is 0.564. The van der Waals surface area contributed by atoms with E-state index in [1.807, 2.05) is 30.3 Å². The molecule has 0 atom stereocenters. The van der Waals surface area contributed by atoms with Crippen LogP contribution in [0.2, 0.25) is 0 Å². The van der Waals surface area contributed by atoms with E-state index >= 15 is 0 Å². The molecule has 0 aliphatic carbocycles. The lowest BCUT2D eigenvalue weighted by Gasteiger charge is -2.29. The smallest absolute Gasteiger partial charge is 0.270 e. The molecule has 24 heavy (non-hydrogen) atoms. The SMILES string of the molecule is N#C/C(=C/Nc1ccccc1F)C(=O)N1CCCc2ccccc21. The molecule has 1 aliphatic rings. The summed E-state index contributed by atoms with van der Waals surface area (Å²) in [7, 11) is 0. The monoisotopic (exact) mass is 321 g/mol. The number of carbonyl (C=O) groups is 1. The van der Waals surface area contributed by atoms with E-state index in [2.05, 4.69) is 5.32 Å². The van der Waals surface area contributed by atoms with Crippen LogP contribution < -0.4 is 10.2 Å². The van der Waals surface area contributed by atoms with Crippen LogP contribution in [0.4, 0.5) is 15.8 Å². The molecule has 1 heterocycles. The Kier molecular flexibility index (Phi) is 4.57. The van der Waals surface area contributed by atoms with Crippen molar-refractivity contribution < 1.29 is 9.18 Å². The normalized spacial score (nSPS) is 13.8. The lowest BCUT2D eigenvalue weighted by molar-refractivity contribution is -0.114. The fraction of sp³-hybridized carbons (Fsp3) is 0.158. The van der Waals surface area contributed by atoms with Gasteiger partial charge >= 0.3 is 0 Å². The van der Waals surface area contributed by atoms with Crippen molar-refractivity contribution in [2.24, 2.45) is 0 Å². The molecule has 2 aromatic rings. The second-order valence-corrected chi connectivity index (χ2v) is 5.48. The summed E-state index contributed by atoms with van der Waals surface area (Å²) >= 11 is 0. The Morgan fingerprint density at radius 2 is 1.96 bits per heavy atom. The number of anilines is 2. The van der Waals surface area contributed by atoms with Crippen LogP contribution in [0, 0.1) is 17.1 Å². The van der Waals surface area contributed by atoms with Crippen molar-refractivity contribution in [1.29, 1.82) is 5.26 Å². The van der Waals surface area contributed by atoms with Gasteiger partial charge in [0.1, 0.15) is 17.5 Å². The number of aryl methyl sites for hydroxylation is 1. The number of nitrogens with one attached hydrogen (secondary N) is 1. The first-order chi connectivity index (χ1) is 11.7. The van der Waals surface area contributed by atoms with Gasteiger partial charge in [-0.1, -0.05) is 30.3 Å².